The van der Waals surface area contributed by atoms with Gasteiger partial charge in [-0.1, -0.05) is 17.7 Å². The lowest BCUT2D eigenvalue weighted by Crippen LogP contribution is -2.38. The van der Waals surface area contributed by atoms with Gasteiger partial charge in [0.25, 0.3) is 0 Å². The number of hydrogen-bond acceptors (Lipinski definition) is 4. The Morgan fingerprint density at radius 2 is 2.17 bits per heavy atom. The lowest BCUT2D eigenvalue weighted by Gasteiger charge is -2.33. The minimum atomic E-state index is -0.767. The average Bonchev–Trinajstić information content (AvgIpc) is 2.94. The predicted molar refractivity (Wildman–Crippen MR) is 83.9 cm³/mol. The first kappa shape index (κ1) is 16.2. The molecule has 2 N–H and O–H groups in total. The van der Waals surface area contributed by atoms with Gasteiger partial charge in [-0.05, 0) is 25.0 Å². The molecular weight excluding hydrogens is 323 g/mol. The van der Waals surface area contributed by atoms with Crippen molar-refractivity contribution in [3.8, 4) is 0 Å². The summed E-state index contributed by atoms with van der Waals surface area (Å²) < 4.78 is 14.7. The highest BCUT2D eigenvalue weighted by Crippen LogP contribution is 2.27. The minimum Gasteiger partial charge on any atom is -0.387 e. The molecular formula is C15H18ClFN4O2. The molecule has 8 heteroatoms. The van der Waals surface area contributed by atoms with Crippen LogP contribution in [0.2, 0.25) is 5.02 Å². The molecule has 1 aliphatic rings. The van der Waals surface area contributed by atoms with Crippen LogP contribution in [-0.2, 0) is 0 Å². The number of benzene rings is 1. The van der Waals surface area contributed by atoms with E-state index in [1.54, 1.807) is 4.57 Å². The van der Waals surface area contributed by atoms with E-state index in [2.05, 4.69) is 15.1 Å². The Kier molecular flexibility index (Phi) is 4.79. The second kappa shape index (κ2) is 6.82. The van der Waals surface area contributed by atoms with Crippen LogP contribution in [0.3, 0.4) is 0 Å². The number of piperidine rings is 1. The van der Waals surface area contributed by atoms with Gasteiger partial charge in [-0.3, -0.25) is 4.57 Å². The second-order valence-electron chi connectivity index (χ2n) is 5.78. The van der Waals surface area contributed by atoms with Gasteiger partial charge >= 0.3 is 5.69 Å². The third-order valence-electron chi connectivity index (χ3n) is 4.28. The first-order valence-corrected chi connectivity index (χ1v) is 7.89. The van der Waals surface area contributed by atoms with Crippen molar-refractivity contribution in [2.75, 3.05) is 19.6 Å². The summed E-state index contributed by atoms with van der Waals surface area (Å²) in [7, 11) is 0. The highest BCUT2D eigenvalue weighted by Gasteiger charge is 2.24. The van der Waals surface area contributed by atoms with Gasteiger partial charge in [-0.25, -0.2) is 14.3 Å². The van der Waals surface area contributed by atoms with Crippen LogP contribution in [0.1, 0.15) is 30.6 Å². The number of rotatable bonds is 4. The maximum atomic E-state index is 13.1. The van der Waals surface area contributed by atoms with E-state index in [9.17, 15) is 14.3 Å². The highest BCUT2D eigenvalue weighted by atomic mass is 35.5. The lowest BCUT2D eigenvalue weighted by molar-refractivity contribution is 0.0902. The van der Waals surface area contributed by atoms with Crippen LogP contribution >= 0.6 is 11.6 Å². The van der Waals surface area contributed by atoms with Gasteiger partial charge in [0.15, 0.2) is 0 Å². The molecule has 1 aliphatic heterocycles. The molecule has 6 nitrogen and oxygen atoms in total. The van der Waals surface area contributed by atoms with Crippen LogP contribution in [0, 0.1) is 5.82 Å². The molecule has 0 spiro atoms. The summed E-state index contributed by atoms with van der Waals surface area (Å²) in [6.07, 6.45) is 2.37. The maximum Gasteiger partial charge on any atom is 0.343 e. The molecule has 1 saturated heterocycles. The fourth-order valence-electron chi connectivity index (χ4n) is 3.01. The first-order valence-electron chi connectivity index (χ1n) is 7.51. The van der Waals surface area contributed by atoms with Crippen LogP contribution in [0.4, 0.5) is 4.39 Å². The van der Waals surface area contributed by atoms with E-state index < -0.39 is 11.9 Å². The summed E-state index contributed by atoms with van der Waals surface area (Å²) in [5.41, 5.74) is 0.336. The van der Waals surface area contributed by atoms with Crippen LogP contribution in [0.25, 0.3) is 0 Å². The predicted octanol–water partition coefficient (Wildman–Crippen LogP) is 1.73. The van der Waals surface area contributed by atoms with Crippen LogP contribution in [0.15, 0.2) is 29.3 Å². The number of aliphatic hydroxyl groups excluding tert-OH is 1. The molecule has 23 heavy (non-hydrogen) atoms. The standard InChI is InChI=1S/C15H18ClFN4O2/c16-13-7-10(17)1-2-12(13)14(22)8-20-5-3-11(4-6-20)21-9-18-19-15(21)23/h1-2,7,9,11,14,22H,3-6,8H2,(H,19,23)/t14-/m0/s1. The quantitative estimate of drug-likeness (QED) is 0.889. The topological polar surface area (TPSA) is 74.2 Å². The Balaban J connectivity index is 1.58. The fourth-order valence-corrected chi connectivity index (χ4v) is 3.30. The molecule has 0 saturated carbocycles. The molecule has 3 rings (SSSR count). The van der Waals surface area contributed by atoms with Gasteiger partial charge in [-0.2, -0.15) is 5.10 Å². The van der Waals surface area contributed by atoms with Crippen molar-refractivity contribution >= 4 is 11.6 Å². The van der Waals surface area contributed by atoms with Crippen LogP contribution in [-0.4, -0.2) is 44.4 Å². The van der Waals surface area contributed by atoms with Crippen LogP contribution in [0.5, 0.6) is 0 Å². The maximum absolute atomic E-state index is 13.1. The molecule has 2 aromatic rings. The molecule has 1 aromatic heterocycles. The van der Waals surface area contributed by atoms with E-state index in [-0.39, 0.29) is 16.8 Å². The summed E-state index contributed by atoms with van der Waals surface area (Å²) in [5, 5.41) is 16.7. The zero-order chi connectivity index (χ0) is 16.4. The molecule has 1 atom stereocenters. The monoisotopic (exact) mass is 340 g/mol. The van der Waals surface area contributed by atoms with E-state index >= 15 is 0 Å². The number of likely N-dealkylation sites (tertiary alicyclic amines) is 1. The molecule has 0 unspecified atom stereocenters. The van der Waals surface area contributed by atoms with E-state index in [4.69, 9.17) is 11.6 Å². The van der Waals surface area contributed by atoms with Crippen molar-refractivity contribution < 1.29 is 9.50 Å². The van der Waals surface area contributed by atoms with Gasteiger partial charge in [0.1, 0.15) is 12.1 Å². The SMILES string of the molecule is O=c1[nH]ncn1C1CCN(C[C@H](O)c2ccc(F)cc2Cl)CC1. The zero-order valence-corrected chi connectivity index (χ0v) is 13.2. The fraction of sp³-hybridized carbons (Fsp3) is 0.467. The summed E-state index contributed by atoms with van der Waals surface area (Å²) >= 11 is 5.98. The van der Waals surface area contributed by atoms with Crippen molar-refractivity contribution in [1.82, 2.24) is 19.7 Å². The number of hydrogen-bond donors (Lipinski definition) is 2. The van der Waals surface area contributed by atoms with E-state index in [0.29, 0.717) is 12.1 Å². The Morgan fingerprint density at radius 1 is 1.43 bits per heavy atom. The molecule has 124 valence electrons. The number of halogens is 2. The molecule has 0 radical (unpaired) electrons. The molecule has 1 fully saturated rings. The van der Waals surface area contributed by atoms with Gasteiger partial charge in [-0.15, -0.1) is 0 Å². The Morgan fingerprint density at radius 3 is 2.78 bits per heavy atom. The number of nitrogens with zero attached hydrogens (tertiary/aromatic N) is 3. The molecule has 0 bridgehead atoms. The van der Waals surface area contributed by atoms with Crippen molar-refractivity contribution in [1.29, 1.82) is 0 Å². The van der Waals surface area contributed by atoms with Crippen molar-refractivity contribution in [3.05, 3.63) is 51.4 Å². The zero-order valence-electron chi connectivity index (χ0n) is 12.5. The van der Waals surface area contributed by atoms with E-state index in [1.807, 2.05) is 0 Å². The van der Waals surface area contributed by atoms with Crippen LogP contribution < -0.4 is 5.69 Å². The summed E-state index contributed by atoms with van der Waals surface area (Å²) in [5.74, 6) is -0.419. The largest absolute Gasteiger partial charge is 0.387 e. The lowest BCUT2D eigenvalue weighted by atomic mass is 10.0. The number of aliphatic hydroxyl groups is 1. The third-order valence-corrected chi connectivity index (χ3v) is 4.61. The van der Waals surface area contributed by atoms with Gasteiger partial charge < -0.3 is 10.0 Å². The molecule has 0 aliphatic carbocycles. The van der Waals surface area contributed by atoms with Crippen molar-refractivity contribution in [2.24, 2.45) is 0 Å². The van der Waals surface area contributed by atoms with Gasteiger partial charge in [0, 0.05) is 36.3 Å². The summed E-state index contributed by atoms with van der Waals surface area (Å²) in [6.45, 7) is 1.95. The average molecular weight is 341 g/mol. The normalized spacial score (nSPS) is 18.2. The van der Waals surface area contributed by atoms with Gasteiger partial charge in [0.05, 0.1) is 6.10 Å². The number of nitrogens with one attached hydrogen (secondary N) is 1. The summed E-state index contributed by atoms with van der Waals surface area (Å²) in [6, 6.07) is 4.14. The second-order valence-corrected chi connectivity index (χ2v) is 6.19. The third kappa shape index (κ3) is 3.63. The van der Waals surface area contributed by atoms with E-state index in [1.165, 1.54) is 24.5 Å². The van der Waals surface area contributed by atoms with E-state index in [0.717, 1.165) is 25.9 Å². The first-order chi connectivity index (χ1) is 11.0. The van der Waals surface area contributed by atoms with Crippen molar-refractivity contribution in [2.45, 2.75) is 25.0 Å². The molecule has 0 amide bonds. The number of aromatic nitrogens is 3. The number of aromatic amines is 1. The Bertz CT molecular complexity index is 724. The summed E-state index contributed by atoms with van der Waals surface area (Å²) in [4.78, 5) is 13.7. The Labute approximate surface area is 137 Å². The van der Waals surface area contributed by atoms with Gasteiger partial charge in [0.2, 0.25) is 0 Å². The number of β-amino-alcohol motifs (C(OH)–C–C–N with tert-alkyl or cyclic N) is 1. The molecule has 2 heterocycles. The molecule has 1 aromatic carbocycles. The Hall–Kier alpha value is -1.70. The van der Waals surface area contributed by atoms with Crippen molar-refractivity contribution in [3.63, 3.8) is 0 Å². The highest BCUT2D eigenvalue weighted by molar-refractivity contribution is 6.31. The number of H-pyrrole nitrogens is 1. The smallest absolute Gasteiger partial charge is 0.343 e. The minimum absolute atomic E-state index is 0.129.